The highest BCUT2D eigenvalue weighted by Crippen LogP contribution is 2.19. The van der Waals surface area contributed by atoms with E-state index in [-0.39, 0.29) is 19.1 Å². The van der Waals surface area contributed by atoms with Gasteiger partial charge < -0.3 is 19.5 Å². The molecule has 1 heterocycles. The van der Waals surface area contributed by atoms with Crippen LogP contribution in [0, 0.1) is 11.3 Å². The van der Waals surface area contributed by atoms with Gasteiger partial charge in [-0.2, -0.15) is 5.26 Å². The second-order valence-corrected chi connectivity index (χ2v) is 4.85. The lowest BCUT2D eigenvalue weighted by molar-refractivity contribution is -0.161. The zero-order chi connectivity index (χ0) is 16.1. The van der Waals surface area contributed by atoms with Crippen molar-refractivity contribution in [2.75, 3.05) is 19.7 Å². The summed E-state index contributed by atoms with van der Waals surface area (Å²) in [7, 11) is 0. The van der Waals surface area contributed by atoms with Gasteiger partial charge in [-0.1, -0.05) is 12.1 Å². The molecule has 116 valence electrons. The van der Waals surface area contributed by atoms with E-state index in [0.29, 0.717) is 17.9 Å². The van der Waals surface area contributed by atoms with E-state index in [1.54, 1.807) is 31.2 Å². The summed E-state index contributed by atoms with van der Waals surface area (Å²) >= 11 is 0. The van der Waals surface area contributed by atoms with E-state index in [4.69, 9.17) is 19.8 Å². The number of carbonyl (C=O) groups is 2. The van der Waals surface area contributed by atoms with Crippen molar-refractivity contribution < 1.29 is 24.2 Å². The lowest BCUT2D eigenvalue weighted by Crippen LogP contribution is -2.51. The van der Waals surface area contributed by atoms with Gasteiger partial charge >= 0.3 is 5.97 Å². The first-order chi connectivity index (χ1) is 10.5. The lowest BCUT2D eigenvalue weighted by Gasteiger charge is -2.32. The fourth-order valence-electron chi connectivity index (χ4n) is 2.16. The number of amides is 1. The topological polar surface area (TPSA) is 99.9 Å². The smallest absolute Gasteiger partial charge is 0.334 e. The Hall–Kier alpha value is -2.59. The maximum atomic E-state index is 12.3. The molecule has 2 unspecified atom stereocenters. The number of ether oxygens (including phenoxy) is 2. The Labute approximate surface area is 127 Å². The van der Waals surface area contributed by atoms with Gasteiger partial charge in [0, 0.05) is 6.54 Å². The van der Waals surface area contributed by atoms with Crippen LogP contribution >= 0.6 is 0 Å². The van der Waals surface area contributed by atoms with Gasteiger partial charge in [0.15, 0.2) is 12.2 Å². The van der Waals surface area contributed by atoms with Crippen molar-refractivity contribution in [1.82, 2.24) is 4.90 Å². The van der Waals surface area contributed by atoms with E-state index in [2.05, 4.69) is 0 Å². The largest absolute Gasteiger partial charge is 0.480 e. The highest BCUT2D eigenvalue weighted by molar-refractivity contribution is 5.82. The molecule has 1 aliphatic rings. The predicted molar refractivity (Wildman–Crippen MR) is 75.2 cm³/mol. The number of nitriles is 1. The number of carboxylic acid groups (broad SMARTS) is 1. The molecule has 1 N–H and O–H groups in total. The lowest BCUT2D eigenvalue weighted by atomic mass is 10.2. The number of morpholine rings is 1. The zero-order valence-corrected chi connectivity index (χ0v) is 12.1. The average Bonchev–Trinajstić information content (AvgIpc) is 2.54. The molecule has 2 rings (SSSR count). The SMILES string of the molecule is CC(Oc1ccccc1C#N)C(=O)N1CCOC(C(=O)O)C1. The van der Waals surface area contributed by atoms with Crippen LogP contribution in [0.4, 0.5) is 0 Å². The summed E-state index contributed by atoms with van der Waals surface area (Å²) in [4.78, 5) is 24.7. The molecule has 1 saturated heterocycles. The van der Waals surface area contributed by atoms with Crippen molar-refractivity contribution >= 4 is 11.9 Å². The van der Waals surface area contributed by atoms with Gasteiger partial charge in [0.05, 0.1) is 18.7 Å². The Morgan fingerprint density at radius 1 is 1.50 bits per heavy atom. The molecule has 7 heteroatoms. The van der Waals surface area contributed by atoms with E-state index < -0.39 is 18.2 Å². The van der Waals surface area contributed by atoms with Crippen molar-refractivity contribution in [2.45, 2.75) is 19.1 Å². The van der Waals surface area contributed by atoms with Gasteiger partial charge in [0.1, 0.15) is 11.8 Å². The highest BCUT2D eigenvalue weighted by Gasteiger charge is 2.31. The minimum absolute atomic E-state index is 0.0121. The van der Waals surface area contributed by atoms with Crippen molar-refractivity contribution in [1.29, 1.82) is 5.26 Å². The summed E-state index contributed by atoms with van der Waals surface area (Å²) in [5.74, 6) is -1.10. The molecule has 1 amide bonds. The molecule has 0 radical (unpaired) electrons. The van der Waals surface area contributed by atoms with E-state index in [1.165, 1.54) is 4.90 Å². The minimum atomic E-state index is -1.10. The van der Waals surface area contributed by atoms with Crippen LogP contribution in [-0.4, -0.2) is 53.8 Å². The number of hydrogen-bond acceptors (Lipinski definition) is 5. The van der Waals surface area contributed by atoms with Crippen LogP contribution < -0.4 is 4.74 Å². The molecule has 2 atom stereocenters. The van der Waals surface area contributed by atoms with Gasteiger partial charge in [-0.15, -0.1) is 0 Å². The van der Waals surface area contributed by atoms with Crippen molar-refractivity contribution in [2.24, 2.45) is 0 Å². The summed E-state index contributed by atoms with van der Waals surface area (Å²) in [6.45, 7) is 2.05. The van der Waals surface area contributed by atoms with Gasteiger partial charge in [-0.05, 0) is 19.1 Å². The number of hydrogen-bond donors (Lipinski definition) is 1. The van der Waals surface area contributed by atoms with Gasteiger partial charge in [0.2, 0.25) is 0 Å². The van der Waals surface area contributed by atoms with Crippen LogP contribution in [0.1, 0.15) is 12.5 Å². The zero-order valence-electron chi connectivity index (χ0n) is 12.1. The van der Waals surface area contributed by atoms with Gasteiger partial charge in [0.25, 0.3) is 5.91 Å². The van der Waals surface area contributed by atoms with E-state index in [0.717, 1.165) is 0 Å². The summed E-state index contributed by atoms with van der Waals surface area (Å²) in [6.07, 6.45) is -1.83. The normalized spacial score (nSPS) is 19.1. The molecule has 0 saturated carbocycles. The Morgan fingerprint density at radius 3 is 2.91 bits per heavy atom. The maximum Gasteiger partial charge on any atom is 0.334 e. The third-order valence-electron chi connectivity index (χ3n) is 3.31. The highest BCUT2D eigenvalue weighted by atomic mass is 16.5. The monoisotopic (exact) mass is 304 g/mol. The fourth-order valence-corrected chi connectivity index (χ4v) is 2.16. The second-order valence-electron chi connectivity index (χ2n) is 4.85. The minimum Gasteiger partial charge on any atom is -0.480 e. The molecule has 1 aromatic carbocycles. The van der Waals surface area contributed by atoms with Crippen LogP contribution in [0.15, 0.2) is 24.3 Å². The third kappa shape index (κ3) is 3.54. The summed E-state index contributed by atoms with van der Waals surface area (Å²) in [5, 5.41) is 18.0. The number of aliphatic carboxylic acids is 1. The van der Waals surface area contributed by atoms with Crippen LogP contribution in [0.2, 0.25) is 0 Å². The summed E-state index contributed by atoms with van der Waals surface area (Å²) < 4.78 is 10.6. The number of para-hydroxylation sites is 1. The molecular weight excluding hydrogens is 288 g/mol. The third-order valence-corrected chi connectivity index (χ3v) is 3.31. The van der Waals surface area contributed by atoms with Crippen molar-refractivity contribution in [3.63, 3.8) is 0 Å². The molecule has 0 aliphatic carbocycles. The van der Waals surface area contributed by atoms with Crippen molar-refractivity contribution in [3.05, 3.63) is 29.8 Å². The molecule has 1 aliphatic heterocycles. The van der Waals surface area contributed by atoms with E-state index in [1.807, 2.05) is 6.07 Å². The second kappa shape index (κ2) is 6.91. The van der Waals surface area contributed by atoms with Crippen LogP contribution in [0.3, 0.4) is 0 Å². The Bertz CT molecular complexity index is 610. The molecule has 1 fully saturated rings. The van der Waals surface area contributed by atoms with E-state index in [9.17, 15) is 9.59 Å². The predicted octanol–water partition coefficient (Wildman–Crippen LogP) is 0.638. The molecule has 0 aromatic heterocycles. The van der Waals surface area contributed by atoms with Gasteiger partial charge in [-0.3, -0.25) is 4.79 Å². The summed E-state index contributed by atoms with van der Waals surface area (Å²) in [5.41, 5.74) is 0.340. The quantitative estimate of drug-likeness (QED) is 0.876. The average molecular weight is 304 g/mol. The first kappa shape index (κ1) is 15.8. The number of nitrogens with zero attached hydrogens (tertiary/aromatic N) is 2. The van der Waals surface area contributed by atoms with E-state index >= 15 is 0 Å². The Kier molecular flexibility index (Phi) is 4.96. The molecular formula is C15H16N2O5. The number of carbonyl (C=O) groups excluding carboxylic acids is 1. The maximum absolute atomic E-state index is 12.3. The summed E-state index contributed by atoms with van der Waals surface area (Å²) in [6, 6.07) is 8.62. The molecule has 22 heavy (non-hydrogen) atoms. The molecule has 0 bridgehead atoms. The Morgan fingerprint density at radius 2 is 2.23 bits per heavy atom. The first-order valence-electron chi connectivity index (χ1n) is 6.82. The fraction of sp³-hybridized carbons (Fsp3) is 0.400. The molecule has 1 aromatic rings. The number of benzene rings is 1. The van der Waals surface area contributed by atoms with Crippen molar-refractivity contribution in [3.8, 4) is 11.8 Å². The number of carboxylic acids is 1. The van der Waals surface area contributed by atoms with Crippen LogP contribution in [0.25, 0.3) is 0 Å². The number of rotatable bonds is 4. The van der Waals surface area contributed by atoms with Crippen LogP contribution in [-0.2, 0) is 14.3 Å². The Balaban J connectivity index is 2.03. The molecule has 7 nitrogen and oxygen atoms in total. The first-order valence-corrected chi connectivity index (χ1v) is 6.82. The van der Waals surface area contributed by atoms with Gasteiger partial charge in [-0.25, -0.2) is 4.79 Å². The van der Waals surface area contributed by atoms with Crippen LogP contribution in [0.5, 0.6) is 5.75 Å². The molecule has 0 spiro atoms. The standard InChI is InChI=1S/C15H16N2O5/c1-10(22-12-5-3-2-4-11(12)8-16)14(18)17-6-7-21-13(9-17)15(19)20/h2-5,10,13H,6-7,9H2,1H3,(H,19,20).